The van der Waals surface area contributed by atoms with Crippen LogP contribution in [0.2, 0.25) is 0 Å². The van der Waals surface area contributed by atoms with E-state index in [0.29, 0.717) is 25.9 Å². The van der Waals surface area contributed by atoms with Crippen LogP contribution >= 0.6 is 11.3 Å². The highest BCUT2D eigenvalue weighted by Gasteiger charge is 2.47. The van der Waals surface area contributed by atoms with Crippen molar-refractivity contribution in [2.24, 2.45) is 5.92 Å². The van der Waals surface area contributed by atoms with Gasteiger partial charge in [0.25, 0.3) is 0 Å². The van der Waals surface area contributed by atoms with E-state index in [0.717, 1.165) is 52.4 Å². The van der Waals surface area contributed by atoms with Gasteiger partial charge in [-0.2, -0.15) is 5.26 Å². The molecule has 2 unspecified atom stereocenters. The van der Waals surface area contributed by atoms with Crippen LogP contribution < -0.4 is 5.32 Å². The van der Waals surface area contributed by atoms with Gasteiger partial charge in [0.05, 0.1) is 22.7 Å². The van der Waals surface area contributed by atoms with E-state index in [1.807, 2.05) is 13.8 Å². The Labute approximate surface area is 249 Å². The minimum atomic E-state index is -0.707. The number of nitrogens with zero attached hydrogens (tertiary/aromatic N) is 3. The summed E-state index contributed by atoms with van der Waals surface area (Å²) in [6.07, 6.45) is 4.58. The monoisotopic (exact) mass is 586 g/mol. The summed E-state index contributed by atoms with van der Waals surface area (Å²) in [5.74, 6) is -0.413. The maximum atomic E-state index is 13.7. The first-order valence-electron chi connectivity index (χ1n) is 14.8. The molecule has 2 saturated carbocycles. The van der Waals surface area contributed by atoms with Crippen LogP contribution in [0.5, 0.6) is 0 Å². The molecule has 2 heterocycles. The molecule has 1 aromatic heterocycles. The van der Waals surface area contributed by atoms with E-state index in [-0.39, 0.29) is 41.7 Å². The Kier molecular flexibility index (Phi) is 7.75. The molecule has 2 atom stereocenters. The lowest BCUT2D eigenvalue weighted by molar-refractivity contribution is -0.127. The number of hydrogen-bond donors (Lipinski definition) is 1. The second-order valence-corrected chi connectivity index (χ2v) is 13.1. The molecule has 218 valence electrons. The fourth-order valence-electron chi connectivity index (χ4n) is 6.02. The highest BCUT2D eigenvalue weighted by molar-refractivity contribution is 7.18. The number of ether oxygens (including phenoxy) is 1. The van der Waals surface area contributed by atoms with E-state index in [1.54, 1.807) is 28.4 Å². The van der Waals surface area contributed by atoms with Gasteiger partial charge in [-0.25, -0.2) is 14.2 Å². The third kappa shape index (κ3) is 5.78. The summed E-state index contributed by atoms with van der Waals surface area (Å²) in [7, 11) is 0. The first-order chi connectivity index (χ1) is 20.2. The van der Waals surface area contributed by atoms with Crippen molar-refractivity contribution in [1.82, 2.24) is 15.2 Å². The van der Waals surface area contributed by atoms with Crippen LogP contribution in [0, 0.1) is 23.1 Å². The number of rotatable bonds is 7. The number of benzene rings is 2. The van der Waals surface area contributed by atoms with Gasteiger partial charge in [0, 0.05) is 36.4 Å². The van der Waals surface area contributed by atoms with Gasteiger partial charge in [0.2, 0.25) is 5.91 Å². The third-order valence-electron chi connectivity index (χ3n) is 8.65. The largest absolute Gasteiger partial charge is 0.447 e. The third-order valence-corrected chi connectivity index (χ3v) is 9.81. The number of aromatic nitrogens is 1. The Bertz CT molecular complexity index is 1500. The summed E-state index contributed by atoms with van der Waals surface area (Å²) in [5.41, 5.74) is 3.22. The SMILES string of the molecule is CC(C)OC(=O)N1CC(c2ccc(-c3sc(-c4ccc(F)cc4)nc3C3CCCCC3C(=O)NC3(C#N)CC3)cc2)C1. The van der Waals surface area contributed by atoms with Crippen molar-refractivity contribution in [3.63, 3.8) is 0 Å². The van der Waals surface area contributed by atoms with Gasteiger partial charge < -0.3 is 15.0 Å². The molecule has 1 saturated heterocycles. The second kappa shape index (κ2) is 11.5. The molecule has 6 rings (SSSR count). The van der Waals surface area contributed by atoms with E-state index in [9.17, 15) is 19.2 Å². The summed E-state index contributed by atoms with van der Waals surface area (Å²) in [6.45, 7) is 4.96. The van der Waals surface area contributed by atoms with Gasteiger partial charge in [0.1, 0.15) is 16.4 Å². The second-order valence-electron chi connectivity index (χ2n) is 12.1. The van der Waals surface area contributed by atoms with Crippen molar-refractivity contribution in [3.05, 3.63) is 65.6 Å². The zero-order chi connectivity index (χ0) is 29.4. The van der Waals surface area contributed by atoms with Crippen LogP contribution in [0.1, 0.15) is 75.5 Å². The summed E-state index contributed by atoms with van der Waals surface area (Å²) in [5, 5.41) is 13.4. The average Bonchev–Trinajstić information content (AvgIpc) is 3.59. The predicted octanol–water partition coefficient (Wildman–Crippen LogP) is 7.01. The molecular formula is C33H35FN4O3S. The molecule has 3 aromatic rings. The number of carbonyl (C=O) groups is 2. The maximum absolute atomic E-state index is 13.7. The lowest BCUT2D eigenvalue weighted by Gasteiger charge is -2.39. The quantitative estimate of drug-likeness (QED) is 0.321. The normalized spacial score (nSPS) is 21.4. The van der Waals surface area contributed by atoms with E-state index in [2.05, 4.69) is 35.7 Å². The van der Waals surface area contributed by atoms with Crippen LogP contribution in [-0.2, 0) is 9.53 Å². The number of halogens is 1. The van der Waals surface area contributed by atoms with Crippen LogP contribution in [-0.4, -0.2) is 46.6 Å². The molecule has 1 N–H and O–H groups in total. The lowest BCUT2D eigenvalue weighted by atomic mass is 9.76. The predicted molar refractivity (Wildman–Crippen MR) is 159 cm³/mol. The van der Waals surface area contributed by atoms with Gasteiger partial charge in [-0.05, 0) is 74.9 Å². The lowest BCUT2D eigenvalue weighted by Crippen LogP contribution is -2.49. The molecule has 9 heteroatoms. The number of nitrogens with one attached hydrogen (secondary N) is 1. The minimum Gasteiger partial charge on any atom is -0.447 e. The Hall–Kier alpha value is -3.77. The van der Waals surface area contributed by atoms with E-state index in [1.165, 1.54) is 17.7 Å². The highest BCUT2D eigenvalue weighted by atomic mass is 32.1. The molecule has 0 bridgehead atoms. The number of amides is 2. The Balaban J connectivity index is 1.28. The van der Waals surface area contributed by atoms with Crippen molar-refractivity contribution >= 4 is 23.3 Å². The molecule has 3 fully saturated rings. The number of nitriles is 1. The average molecular weight is 587 g/mol. The Morgan fingerprint density at radius 1 is 1.07 bits per heavy atom. The number of likely N-dealkylation sites (tertiary alicyclic amines) is 1. The van der Waals surface area contributed by atoms with Crippen molar-refractivity contribution in [3.8, 4) is 27.1 Å². The first kappa shape index (κ1) is 28.4. The van der Waals surface area contributed by atoms with Crippen molar-refractivity contribution in [1.29, 1.82) is 5.26 Å². The molecule has 1 aliphatic heterocycles. The van der Waals surface area contributed by atoms with Gasteiger partial charge in [-0.15, -0.1) is 11.3 Å². The number of carbonyl (C=O) groups excluding carboxylic acids is 2. The van der Waals surface area contributed by atoms with Crippen LogP contribution in [0.3, 0.4) is 0 Å². The van der Waals surface area contributed by atoms with Crippen LogP contribution in [0.25, 0.3) is 21.0 Å². The molecule has 7 nitrogen and oxygen atoms in total. The van der Waals surface area contributed by atoms with E-state index in [4.69, 9.17) is 9.72 Å². The number of thiazole rings is 1. The maximum Gasteiger partial charge on any atom is 0.410 e. The smallest absolute Gasteiger partial charge is 0.410 e. The molecule has 2 aromatic carbocycles. The van der Waals surface area contributed by atoms with Gasteiger partial charge in [-0.1, -0.05) is 37.1 Å². The molecular weight excluding hydrogens is 551 g/mol. The first-order valence-corrected chi connectivity index (χ1v) is 15.6. The Morgan fingerprint density at radius 2 is 1.74 bits per heavy atom. The molecule has 2 amide bonds. The molecule has 0 radical (unpaired) electrons. The van der Waals surface area contributed by atoms with E-state index >= 15 is 0 Å². The van der Waals surface area contributed by atoms with Crippen molar-refractivity contribution in [2.45, 2.75) is 75.9 Å². The molecule has 0 spiro atoms. The number of hydrogen-bond acceptors (Lipinski definition) is 6. The fourth-order valence-corrected chi connectivity index (χ4v) is 7.16. The fraction of sp³-hybridized carbons (Fsp3) is 0.455. The Morgan fingerprint density at radius 3 is 2.38 bits per heavy atom. The standard InChI is InChI=1S/C33H35FN4O3S/c1-20(2)41-32(40)38-17-24(18-38)21-7-9-22(10-8-21)29-28(36-31(42-29)23-11-13-25(34)14-12-23)26-5-3-4-6-27(26)30(39)37-33(19-35)15-16-33/h7-14,20,24,26-27H,3-6,15-18H2,1-2H3,(H,37,39). The van der Waals surface area contributed by atoms with Crippen molar-refractivity contribution < 1.29 is 18.7 Å². The summed E-state index contributed by atoms with van der Waals surface area (Å²) in [6, 6.07) is 17.1. The van der Waals surface area contributed by atoms with Crippen LogP contribution in [0.4, 0.5) is 9.18 Å². The molecule has 3 aliphatic rings. The van der Waals surface area contributed by atoms with Gasteiger partial charge in [0.15, 0.2) is 0 Å². The minimum absolute atomic E-state index is 0.0538. The summed E-state index contributed by atoms with van der Waals surface area (Å²) in [4.78, 5) is 33.5. The summed E-state index contributed by atoms with van der Waals surface area (Å²) >= 11 is 1.57. The van der Waals surface area contributed by atoms with Crippen molar-refractivity contribution in [2.75, 3.05) is 13.1 Å². The van der Waals surface area contributed by atoms with Crippen LogP contribution in [0.15, 0.2) is 48.5 Å². The highest BCUT2D eigenvalue weighted by Crippen LogP contribution is 2.47. The van der Waals surface area contributed by atoms with E-state index < -0.39 is 5.54 Å². The van der Waals surface area contributed by atoms with Gasteiger partial charge >= 0.3 is 6.09 Å². The zero-order valence-electron chi connectivity index (χ0n) is 23.9. The zero-order valence-corrected chi connectivity index (χ0v) is 24.8. The van der Waals surface area contributed by atoms with Gasteiger partial charge in [-0.3, -0.25) is 4.79 Å². The topological polar surface area (TPSA) is 95.3 Å². The molecule has 42 heavy (non-hydrogen) atoms. The summed E-state index contributed by atoms with van der Waals surface area (Å²) < 4.78 is 19.0. The molecule has 2 aliphatic carbocycles.